The zero-order valence-electron chi connectivity index (χ0n) is 21.3. The van der Waals surface area contributed by atoms with Crippen LogP contribution in [0.15, 0.2) is 18.2 Å². The second-order valence-electron chi connectivity index (χ2n) is 9.47. The van der Waals surface area contributed by atoms with Gasteiger partial charge in [-0.05, 0) is 64.5 Å². The number of rotatable bonds is 9. The maximum atomic E-state index is 13.3. The molecule has 35 heavy (non-hydrogen) atoms. The van der Waals surface area contributed by atoms with Gasteiger partial charge in [0.15, 0.2) is 0 Å². The van der Waals surface area contributed by atoms with E-state index in [1.165, 1.54) is 0 Å². The number of ether oxygens (including phenoxy) is 2. The molecular weight excluding hydrogens is 450 g/mol. The fourth-order valence-electron chi connectivity index (χ4n) is 4.42. The summed E-state index contributed by atoms with van der Waals surface area (Å²) in [5.41, 5.74) is 0.926. The first-order chi connectivity index (χ1) is 16.8. The van der Waals surface area contributed by atoms with Crippen molar-refractivity contribution in [3.63, 3.8) is 0 Å². The highest BCUT2D eigenvalue weighted by Gasteiger charge is 2.39. The van der Waals surface area contributed by atoms with Crippen LogP contribution in [-0.4, -0.2) is 93.3 Å². The molecule has 0 spiro atoms. The minimum atomic E-state index is -0.324. The molecule has 1 aromatic rings. The summed E-state index contributed by atoms with van der Waals surface area (Å²) >= 11 is 0. The second-order valence-corrected chi connectivity index (χ2v) is 9.47. The first-order valence-electron chi connectivity index (χ1n) is 12.4. The van der Waals surface area contributed by atoms with Crippen LogP contribution < -0.4 is 20.7 Å². The van der Waals surface area contributed by atoms with Gasteiger partial charge in [-0.15, -0.1) is 0 Å². The largest absolute Gasteiger partial charge is 0.490 e. The Morgan fingerprint density at radius 3 is 2.71 bits per heavy atom. The van der Waals surface area contributed by atoms with E-state index >= 15 is 0 Å². The van der Waals surface area contributed by atoms with E-state index in [4.69, 9.17) is 9.47 Å². The van der Waals surface area contributed by atoms with Crippen molar-refractivity contribution in [2.75, 3.05) is 52.7 Å². The number of carbonyl (C=O) groups excluding carboxylic acids is 3. The highest BCUT2D eigenvalue weighted by atomic mass is 16.5. The third-order valence-corrected chi connectivity index (χ3v) is 6.32. The molecule has 3 atom stereocenters. The van der Waals surface area contributed by atoms with Crippen molar-refractivity contribution < 1.29 is 23.9 Å². The molecule has 3 N–H and O–H groups in total. The van der Waals surface area contributed by atoms with Gasteiger partial charge in [-0.2, -0.15) is 0 Å². The number of likely N-dealkylation sites (N-methyl/N-ethyl adjacent to an activating group) is 1. The van der Waals surface area contributed by atoms with Crippen LogP contribution in [0.3, 0.4) is 0 Å². The monoisotopic (exact) mass is 489 g/mol. The van der Waals surface area contributed by atoms with Gasteiger partial charge >= 0.3 is 6.03 Å². The van der Waals surface area contributed by atoms with Crippen molar-refractivity contribution in [2.45, 2.75) is 57.3 Å². The minimum absolute atomic E-state index is 0.0169. The van der Waals surface area contributed by atoms with Gasteiger partial charge < -0.3 is 35.2 Å². The number of hydrogen-bond acceptors (Lipinski definition) is 6. The Labute approximate surface area is 207 Å². The van der Waals surface area contributed by atoms with Crippen LogP contribution in [-0.2, 0) is 9.53 Å². The molecule has 1 saturated heterocycles. The summed E-state index contributed by atoms with van der Waals surface area (Å²) in [5, 5.41) is 8.48. The number of hydrogen-bond donors (Lipinski definition) is 3. The summed E-state index contributed by atoms with van der Waals surface area (Å²) in [7, 11) is 5.78. The quantitative estimate of drug-likeness (QED) is 0.458. The smallest absolute Gasteiger partial charge is 0.319 e. The van der Waals surface area contributed by atoms with Crippen molar-refractivity contribution in [1.82, 2.24) is 20.4 Å². The molecule has 0 saturated carbocycles. The van der Waals surface area contributed by atoms with Crippen LogP contribution in [0.5, 0.6) is 5.75 Å². The normalized spacial score (nSPS) is 21.8. The number of nitrogens with one attached hydrogen (secondary N) is 3. The lowest BCUT2D eigenvalue weighted by Gasteiger charge is -2.42. The maximum absolute atomic E-state index is 13.3. The van der Waals surface area contributed by atoms with Crippen molar-refractivity contribution in [1.29, 1.82) is 0 Å². The average molecular weight is 490 g/mol. The summed E-state index contributed by atoms with van der Waals surface area (Å²) in [6, 6.07) is 4.58. The lowest BCUT2D eigenvalue weighted by Crippen LogP contribution is -2.54. The van der Waals surface area contributed by atoms with Gasteiger partial charge in [0.2, 0.25) is 5.91 Å². The molecule has 0 bridgehead atoms. The molecule has 10 heteroatoms. The van der Waals surface area contributed by atoms with Crippen LogP contribution in [0.1, 0.15) is 49.4 Å². The third kappa shape index (κ3) is 7.57. The van der Waals surface area contributed by atoms with E-state index in [0.29, 0.717) is 42.9 Å². The van der Waals surface area contributed by atoms with Gasteiger partial charge in [0.25, 0.3) is 5.91 Å². The number of urea groups is 1. The number of amides is 4. The Kier molecular flexibility index (Phi) is 9.73. The fraction of sp³-hybridized carbons (Fsp3) is 0.640. The molecule has 194 valence electrons. The molecule has 3 rings (SSSR count). The maximum Gasteiger partial charge on any atom is 0.319 e. The molecule has 2 heterocycles. The Bertz CT molecular complexity index is 893. The number of carbonyl (C=O) groups is 3. The van der Waals surface area contributed by atoms with E-state index in [0.717, 1.165) is 25.8 Å². The first-order valence-corrected chi connectivity index (χ1v) is 12.4. The zero-order valence-corrected chi connectivity index (χ0v) is 21.3. The van der Waals surface area contributed by atoms with Crippen molar-refractivity contribution >= 4 is 23.5 Å². The molecule has 0 unspecified atom stereocenters. The summed E-state index contributed by atoms with van der Waals surface area (Å²) < 4.78 is 12.2. The molecule has 0 aromatic heterocycles. The Morgan fingerprint density at radius 2 is 1.97 bits per heavy atom. The van der Waals surface area contributed by atoms with E-state index in [2.05, 4.69) is 20.9 Å². The van der Waals surface area contributed by atoms with E-state index in [9.17, 15) is 14.4 Å². The van der Waals surface area contributed by atoms with Crippen LogP contribution >= 0.6 is 0 Å². The molecule has 4 amide bonds. The first kappa shape index (κ1) is 26.7. The SMILES string of the molecule is CCCNC(=O)Nc1ccc2c(c1)C(=O)N(C)[C@H]1CC[C@H](CC(=O)NCCCN(C)C)O[C@H]1CO2. The zero-order chi connectivity index (χ0) is 25.4. The van der Waals surface area contributed by atoms with E-state index in [1.54, 1.807) is 30.1 Å². The van der Waals surface area contributed by atoms with Crippen molar-refractivity contribution in [2.24, 2.45) is 0 Å². The van der Waals surface area contributed by atoms with Crippen LogP contribution in [0.4, 0.5) is 10.5 Å². The molecule has 0 aliphatic carbocycles. The van der Waals surface area contributed by atoms with E-state index in [1.807, 2.05) is 21.0 Å². The fourth-order valence-corrected chi connectivity index (χ4v) is 4.42. The number of anilines is 1. The molecule has 2 aliphatic heterocycles. The number of benzene rings is 1. The number of nitrogens with zero attached hydrogens (tertiary/aromatic N) is 2. The lowest BCUT2D eigenvalue weighted by atomic mass is 9.94. The van der Waals surface area contributed by atoms with Gasteiger partial charge in [0.1, 0.15) is 18.5 Å². The molecule has 1 aromatic carbocycles. The Morgan fingerprint density at radius 1 is 1.17 bits per heavy atom. The van der Waals surface area contributed by atoms with E-state index in [-0.39, 0.29) is 42.7 Å². The summed E-state index contributed by atoms with van der Waals surface area (Å²) in [6.07, 6.45) is 2.92. The van der Waals surface area contributed by atoms with E-state index < -0.39 is 0 Å². The average Bonchev–Trinajstić information content (AvgIpc) is 2.83. The van der Waals surface area contributed by atoms with Gasteiger partial charge in [0.05, 0.1) is 24.1 Å². The number of fused-ring (bicyclic) bond motifs is 2. The highest BCUT2D eigenvalue weighted by Crippen LogP contribution is 2.32. The molecule has 1 fully saturated rings. The Hall–Kier alpha value is -2.85. The molecule has 0 radical (unpaired) electrons. The van der Waals surface area contributed by atoms with Gasteiger partial charge in [0, 0.05) is 25.8 Å². The third-order valence-electron chi connectivity index (χ3n) is 6.32. The van der Waals surface area contributed by atoms with Gasteiger partial charge in [-0.25, -0.2) is 4.79 Å². The molecule has 10 nitrogen and oxygen atoms in total. The van der Waals surface area contributed by atoms with Gasteiger partial charge in [-0.1, -0.05) is 6.92 Å². The predicted molar refractivity (Wildman–Crippen MR) is 134 cm³/mol. The van der Waals surface area contributed by atoms with Crippen LogP contribution in [0, 0.1) is 0 Å². The lowest BCUT2D eigenvalue weighted by molar-refractivity contribution is -0.134. The summed E-state index contributed by atoms with van der Waals surface area (Å²) in [5.74, 6) is 0.244. The van der Waals surface area contributed by atoms with Crippen molar-refractivity contribution in [3.05, 3.63) is 23.8 Å². The molecular formula is C25H39N5O5. The standard InChI is InChI=1S/C25H39N5O5/c1-5-11-27-25(33)28-17-7-10-21-19(14-17)24(32)30(4)20-9-8-18(35-22(20)16-34-21)15-23(31)26-12-6-13-29(2)3/h7,10,14,18,20,22H,5-6,8-9,11-13,15-16H2,1-4H3,(H,26,31)(H2,27,28,33)/t18-,20+,22+/m1/s1. The Balaban J connectivity index is 1.60. The topological polar surface area (TPSA) is 112 Å². The van der Waals surface area contributed by atoms with Gasteiger partial charge in [-0.3, -0.25) is 9.59 Å². The predicted octanol–water partition coefficient (Wildman–Crippen LogP) is 2.06. The van der Waals surface area contributed by atoms with Crippen LogP contribution in [0.2, 0.25) is 0 Å². The molecule has 2 aliphatic rings. The summed E-state index contributed by atoms with van der Waals surface area (Å²) in [4.78, 5) is 41.4. The summed E-state index contributed by atoms with van der Waals surface area (Å²) in [6.45, 7) is 4.39. The van der Waals surface area contributed by atoms with Crippen molar-refractivity contribution in [3.8, 4) is 5.75 Å². The second kappa shape index (κ2) is 12.7. The van der Waals surface area contributed by atoms with Crippen LogP contribution in [0.25, 0.3) is 0 Å². The highest BCUT2D eigenvalue weighted by molar-refractivity contribution is 5.99. The minimum Gasteiger partial charge on any atom is -0.490 e.